The summed E-state index contributed by atoms with van der Waals surface area (Å²) in [5.74, 6) is 2.07. The van der Waals surface area contributed by atoms with Crippen molar-refractivity contribution in [2.45, 2.75) is 39.3 Å². The predicted molar refractivity (Wildman–Crippen MR) is 96.6 cm³/mol. The van der Waals surface area contributed by atoms with Crippen molar-refractivity contribution in [1.82, 2.24) is 10.2 Å². The van der Waals surface area contributed by atoms with Crippen molar-refractivity contribution in [3.8, 4) is 0 Å². The molecule has 1 N–H and O–H groups in total. The molecule has 1 fully saturated rings. The van der Waals surface area contributed by atoms with Crippen LogP contribution in [0, 0.1) is 11.8 Å². The normalized spacial score (nSPS) is 22.2. The number of nitrogens with one attached hydrogen (secondary N) is 1. The van der Waals surface area contributed by atoms with Gasteiger partial charge < -0.3 is 15.0 Å². The van der Waals surface area contributed by atoms with E-state index >= 15 is 0 Å². The van der Waals surface area contributed by atoms with Gasteiger partial charge in [0.15, 0.2) is 5.96 Å². The van der Waals surface area contributed by atoms with Gasteiger partial charge in [-0.15, -0.1) is 0 Å². The number of aliphatic imine (C=N–C) groups is 1. The van der Waals surface area contributed by atoms with Crippen LogP contribution in [-0.2, 0) is 11.3 Å². The quantitative estimate of drug-likeness (QED) is 0.669. The zero-order chi connectivity index (χ0) is 16.7. The van der Waals surface area contributed by atoms with Gasteiger partial charge in [0.05, 0.1) is 12.6 Å². The standard InChI is InChI=1S/C19H31N3O/c1-15(2)18-17(11-8-12-23-18)14-21-19(22(3)4)20-13-16-9-6-5-7-10-16/h5-7,9-10,15,17-18H,8,11-14H2,1-4H3,(H,20,21). The summed E-state index contributed by atoms with van der Waals surface area (Å²) in [5.41, 5.74) is 1.23. The molecule has 1 heterocycles. The molecule has 1 aliphatic heterocycles. The molecule has 0 bridgehead atoms. The van der Waals surface area contributed by atoms with Crippen molar-refractivity contribution in [3.63, 3.8) is 0 Å². The largest absolute Gasteiger partial charge is 0.378 e. The van der Waals surface area contributed by atoms with E-state index in [-0.39, 0.29) is 0 Å². The third-order valence-corrected chi connectivity index (χ3v) is 4.35. The highest BCUT2D eigenvalue weighted by Crippen LogP contribution is 2.25. The van der Waals surface area contributed by atoms with Crippen LogP contribution in [0.3, 0.4) is 0 Å². The first-order valence-corrected chi connectivity index (χ1v) is 8.69. The van der Waals surface area contributed by atoms with Gasteiger partial charge in [-0.05, 0) is 24.3 Å². The lowest BCUT2D eigenvalue weighted by Crippen LogP contribution is -2.44. The monoisotopic (exact) mass is 317 g/mol. The van der Waals surface area contributed by atoms with E-state index in [0.717, 1.165) is 25.5 Å². The van der Waals surface area contributed by atoms with Gasteiger partial charge >= 0.3 is 0 Å². The van der Waals surface area contributed by atoms with Crippen molar-refractivity contribution in [3.05, 3.63) is 35.9 Å². The molecule has 2 unspecified atom stereocenters. The Labute approximate surface area is 140 Å². The molecule has 128 valence electrons. The van der Waals surface area contributed by atoms with Crippen molar-refractivity contribution >= 4 is 5.96 Å². The van der Waals surface area contributed by atoms with Gasteiger partial charge in [-0.1, -0.05) is 44.2 Å². The van der Waals surface area contributed by atoms with E-state index in [0.29, 0.717) is 24.5 Å². The van der Waals surface area contributed by atoms with E-state index in [4.69, 9.17) is 9.73 Å². The topological polar surface area (TPSA) is 36.9 Å². The average molecular weight is 317 g/mol. The lowest BCUT2D eigenvalue weighted by atomic mass is 9.87. The van der Waals surface area contributed by atoms with E-state index in [1.54, 1.807) is 0 Å². The molecule has 1 aliphatic rings. The minimum absolute atomic E-state index is 0.355. The summed E-state index contributed by atoms with van der Waals surface area (Å²) in [6.07, 6.45) is 2.75. The average Bonchev–Trinajstić information content (AvgIpc) is 2.55. The minimum atomic E-state index is 0.355. The summed E-state index contributed by atoms with van der Waals surface area (Å²) in [4.78, 5) is 6.79. The summed E-state index contributed by atoms with van der Waals surface area (Å²) < 4.78 is 5.98. The molecule has 0 saturated carbocycles. The smallest absolute Gasteiger partial charge is 0.193 e. The Bertz CT molecular complexity index is 485. The molecular weight excluding hydrogens is 286 g/mol. The zero-order valence-corrected chi connectivity index (χ0v) is 15.0. The first kappa shape index (κ1) is 17.8. The van der Waals surface area contributed by atoms with Gasteiger partial charge in [-0.3, -0.25) is 0 Å². The van der Waals surface area contributed by atoms with Crippen LogP contribution >= 0.6 is 0 Å². The van der Waals surface area contributed by atoms with Gasteiger partial charge in [-0.25, -0.2) is 4.99 Å². The van der Waals surface area contributed by atoms with Crippen LogP contribution in [0.1, 0.15) is 32.3 Å². The summed E-state index contributed by atoms with van der Waals surface area (Å²) in [7, 11) is 4.07. The molecule has 1 aromatic carbocycles. The first-order valence-electron chi connectivity index (χ1n) is 8.69. The molecule has 2 rings (SSSR count). The van der Waals surface area contributed by atoms with Crippen LogP contribution in [-0.4, -0.2) is 44.2 Å². The van der Waals surface area contributed by atoms with Crippen LogP contribution in [0.15, 0.2) is 35.3 Å². The van der Waals surface area contributed by atoms with Crippen molar-refractivity contribution in [2.24, 2.45) is 16.8 Å². The highest BCUT2D eigenvalue weighted by molar-refractivity contribution is 5.79. The Morgan fingerprint density at radius 3 is 2.70 bits per heavy atom. The highest BCUT2D eigenvalue weighted by atomic mass is 16.5. The Morgan fingerprint density at radius 1 is 1.30 bits per heavy atom. The summed E-state index contributed by atoms with van der Waals surface area (Å²) in [6, 6.07) is 10.4. The van der Waals surface area contributed by atoms with Crippen LogP contribution in [0.25, 0.3) is 0 Å². The van der Waals surface area contributed by atoms with Crippen molar-refractivity contribution in [2.75, 3.05) is 27.2 Å². The molecule has 0 radical (unpaired) electrons. The maximum absolute atomic E-state index is 5.98. The van der Waals surface area contributed by atoms with Gasteiger partial charge in [0.2, 0.25) is 0 Å². The molecule has 0 aromatic heterocycles. The molecule has 4 heteroatoms. The SMILES string of the molecule is CC(C)C1OCCCC1CNC(=NCc1ccccc1)N(C)C. The van der Waals surface area contributed by atoms with Gasteiger partial charge in [0.1, 0.15) is 0 Å². The minimum Gasteiger partial charge on any atom is -0.378 e. The third-order valence-electron chi connectivity index (χ3n) is 4.35. The van der Waals surface area contributed by atoms with E-state index in [1.165, 1.54) is 12.0 Å². The van der Waals surface area contributed by atoms with Crippen molar-refractivity contribution in [1.29, 1.82) is 0 Å². The number of hydrogen-bond acceptors (Lipinski definition) is 2. The molecule has 0 amide bonds. The summed E-state index contributed by atoms with van der Waals surface area (Å²) >= 11 is 0. The zero-order valence-electron chi connectivity index (χ0n) is 15.0. The number of ether oxygens (including phenoxy) is 1. The molecule has 1 aromatic rings. The number of guanidine groups is 1. The van der Waals surface area contributed by atoms with Crippen LogP contribution in [0.2, 0.25) is 0 Å². The van der Waals surface area contributed by atoms with Gasteiger partial charge in [0, 0.05) is 33.2 Å². The number of benzene rings is 1. The molecule has 0 spiro atoms. The molecule has 0 aliphatic carbocycles. The fraction of sp³-hybridized carbons (Fsp3) is 0.632. The lowest BCUT2D eigenvalue weighted by Gasteiger charge is -2.35. The fourth-order valence-electron chi connectivity index (χ4n) is 3.15. The molecule has 2 atom stereocenters. The Hall–Kier alpha value is -1.55. The summed E-state index contributed by atoms with van der Waals surface area (Å²) in [5, 5.41) is 3.54. The predicted octanol–water partition coefficient (Wildman–Crippen LogP) is 3.15. The molecular formula is C19H31N3O. The Kier molecular flexibility index (Phi) is 6.90. The maximum atomic E-state index is 5.98. The second-order valence-electron chi connectivity index (χ2n) is 6.88. The maximum Gasteiger partial charge on any atom is 0.193 e. The highest BCUT2D eigenvalue weighted by Gasteiger charge is 2.28. The lowest BCUT2D eigenvalue weighted by molar-refractivity contribution is -0.0506. The van der Waals surface area contributed by atoms with Gasteiger partial charge in [0.25, 0.3) is 0 Å². The molecule has 4 nitrogen and oxygen atoms in total. The number of nitrogens with zero attached hydrogens (tertiary/aromatic N) is 2. The summed E-state index contributed by atoms with van der Waals surface area (Å²) in [6.45, 7) is 7.03. The van der Waals surface area contributed by atoms with Gasteiger partial charge in [-0.2, -0.15) is 0 Å². The second-order valence-corrected chi connectivity index (χ2v) is 6.88. The Morgan fingerprint density at radius 2 is 2.04 bits per heavy atom. The van der Waals surface area contributed by atoms with Crippen LogP contribution in [0.5, 0.6) is 0 Å². The van der Waals surface area contributed by atoms with E-state index < -0.39 is 0 Å². The van der Waals surface area contributed by atoms with Crippen molar-refractivity contribution < 1.29 is 4.74 Å². The van der Waals surface area contributed by atoms with Crippen LogP contribution in [0.4, 0.5) is 0 Å². The fourth-order valence-corrected chi connectivity index (χ4v) is 3.15. The van der Waals surface area contributed by atoms with E-state index in [2.05, 4.69) is 48.3 Å². The van der Waals surface area contributed by atoms with E-state index in [1.807, 2.05) is 20.2 Å². The number of hydrogen-bond donors (Lipinski definition) is 1. The first-order chi connectivity index (χ1) is 11.1. The Balaban J connectivity index is 1.93. The van der Waals surface area contributed by atoms with Crippen LogP contribution < -0.4 is 5.32 Å². The molecule has 1 saturated heterocycles. The number of rotatable bonds is 5. The second kappa shape index (κ2) is 8.92. The van der Waals surface area contributed by atoms with E-state index in [9.17, 15) is 0 Å². The third kappa shape index (κ3) is 5.54. The molecule has 23 heavy (non-hydrogen) atoms.